The van der Waals surface area contributed by atoms with Gasteiger partial charge in [-0.1, -0.05) is 0 Å². The first-order valence-electron chi connectivity index (χ1n) is 5.46. The van der Waals surface area contributed by atoms with Gasteiger partial charge in [0.05, 0.1) is 6.61 Å². The third kappa shape index (κ3) is 2.94. The number of rotatable bonds is 3. The Labute approximate surface area is 98.9 Å². The maximum Gasteiger partial charge on any atom is 0.262 e. The van der Waals surface area contributed by atoms with E-state index in [0.29, 0.717) is 18.9 Å². The monoisotopic (exact) mass is 239 g/mol. The minimum Gasteiger partial charge on any atom is -0.484 e. The van der Waals surface area contributed by atoms with Gasteiger partial charge in [0.2, 0.25) is 0 Å². The summed E-state index contributed by atoms with van der Waals surface area (Å²) in [4.78, 5) is 13.4. The molecule has 1 saturated heterocycles. The molecule has 5 heteroatoms. The molecule has 1 aromatic rings. The Kier molecular flexibility index (Phi) is 3.58. The summed E-state index contributed by atoms with van der Waals surface area (Å²) in [5.41, 5.74) is 0. The summed E-state index contributed by atoms with van der Waals surface area (Å²) in [6.07, 6.45) is -0.195. The fourth-order valence-corrected chi connectivity index (χ4v) is 1.68. The van der Waals surface area contributed by atoms with Gasteiger partial charge in [0, 0.05) is 6.54 Å². The van der Waals surface area contributed by atoms with Crippen LogP contribution >= 0.6 is 0 Å². The van der Waals surface area contributed by atoms with Gasteiger partial charge in [-0.25, -0.2) is 4.39 Å². The third-order valence-corrected chi connectivity index (χ3v) is 2.63. The molecule has 0 spiro atoms. The molecule has 17 heavy (non-hydrogen) atoms. The van der Waals surface area contributed by atoms with E-state index in [1.54, 1.807) is 4.90 Å². The van der Waals surface area contributed by atoms with Gasteiger partial charge in [-0.15, -0.1) is 0 Å². The molecule has 1 heterocycles. The van der Waals surface area contributed by atoms with Gasteiger partial charge in [0.1, 0.15) is 17.8 Å². The molecule has 0 radical (unpaired) electrons. The lowest BCUT2D eigenvalue weighted by Crippen LogP contribution is -2.37. The van der Waals surface area contributed by atoms with Crippen LogP contribution in [0, 0.1) is 5.82 Å². The molecule has 0 aromatic heterocycles. The molecule has 4 nitrogen and oxygen atoms in total. The standard InChI is InChI=1S/C12H14FNO3/c1-9-14(6-7-16-9)12(15)8-17-11-4-2-10(13)3-5-11/h2-5,9H,6-8H2,1H3. The SMILES string of the molecule is CC1OCCN1C(=O)COc1ccc(F)cc1. The Morgan fingerprint density at radius 3 is 2.82 bits per heavy atom. The van der Waals surface area contributed by atoms with Crippen molar-refractivity contribution < 1.29 is 18.7 Å². The van der Waals surface area contributed by atoms with E-state index in [9.17, 15) is 9.18 Å². The van der Waals surface area contributed by atoms with E-state index >= 15 is 0 Å². The first-order valence-corrected chi connectivity index (χ1v) is 5.46. The third-order valence-electron chi connectivity index (χ3n) is 2.63. The molecule has 1 aliphatic heterocycles. The maximum absolute atomic E-state index is 12.6. The molecule has 1 unspecified atom stereocenters. The van der Waals surface area contributed by atoms with Crippen LogP contribution in [0.4, 0.5) is 4.39 Å². The normalized spacial score (nSPS) is 19.4. The summed E-state index contributed by atoms with van der Waals surface area (Å²) < 4.78 is 23.2. The maximum atomic E-state index is 12.6. The van der Waals surface area contributed by atoms with Crippen molar-refractivity contribution in [2.24, 2.45) is 0 Å². The highest BCUT2D eigenvalue weighted by Crippen LogP contribution is 2.13. The van der Waals surface area contributed by atoms with Crippen molar-refractivity contribution in [3.8, 4) is 5.75 Å². The van der Waals surface area contributed by atoms with Gasteiger partial charge in [-0.05, 0) is 31.2 Å². The van der Waals surface area contributed by atoms with E-state index in [4.69, 9.17) is 9.47 Å². The Balaban J connectivity index is 1.85. The number of ether oxygens (including phenoxy) is 2. The highest BCUT2D eigenvalue weighted by molar-refractivity contribution is 5.78. The summed E-state index contributed by atoms with van der Waals surface area (Å²) in [5, 5.41) is 0. The van der Waals surface area contributed by atoms with Crippen molar-refractivity contribution >= 4 is 5.91 Å². The van der Waals surface area contributed by atoms with Gasteiger partial charge in [0.15, 0.2) is 6.61 Å². The molecule has 0 bridgehead atoms. The average Bonchev–Trinajstić information content (AvgIpc) is 2.74. The molecule has 0 N–H and O–H groups in total. The minimum atomic E-state index is -0.328. The molecular weight excluding hydrogens is 225 g/mol. The van der Waals surface area contributed by atoms with Gasteiger partial charge < -0.3 is 14.4 Å². The van der Waals surface area contributed by atoms with Crippen LogP contribution in [-0.4, -0.2) is 36.8 Å². The van der Waals surface area contributed by atoms with E-state index < -0.39 is 0 Å². The van der Waals surface area contributed by atoms with Crippen LogP contribution in [0.1, 0.15) is 6.92 Å². The van der Waals surface area contributed by atoms with E-state index in [1.807, 2.05) is 6.92 Å². The lowest BCUT2D eigenvalue weighted by Gasteiger charge is -2.19. The number of halogens is 1. The van der Waals surface area contributed by atoms with E-state index in [2.05, 4.69) is 0 Å². The zero-order valence-corrected chi connectivity index (χ0v) is 9.56. The Hall–Kier alpha value is -1.62. The summed E-state index contributed by atoms with van der Waals surface area (Å²) in [6, 6.07) is 5.57. The van der Waals surface area contributed by atoms with Gasteiger partial charge >= 0.3 is 0 Å². The summed E-state index contributed by atoms with van der Waals surface area (Å²) in [5.74, 6) is 0.0251. The van der Waals surface area contributed by atoms with E-state index in [-0.39, 0.29) is 24.6 Å². The van der Waals surface area contributed by atoms with Gasteiger partial charge in [-0.3, -0.25) is 4.79 Å². The van der Waals surface area contributed by atoms with Crippen molar-refractivity contribution in [1.29, 1.82) is 0 Å². The molecule has 1 amide bonds. The van der Waals surface area contributed by atoms with Crippen LogP contribution < -0.4 is 4.74 Å². The quantitative estimate of drug-likeness (QED) is 0.800. The van der Waals surface area contributed by atoms with Crippen molar-refractivity contribution in [3.05, 3.63) is 30.1 Å². The molecule has 1 atom stereocenters. The zero-order chi connectivity index (χ0) is 12.3. The lowest BCUT2D eigenvalue weighted by atomic mass is 10.3. The topological polar surface area (TPSA) is 38.8 Å². The second-order valence-corrected chi connectivity index (χ2v) is 3.80. The molecule has 2 rings (SSSR count). The number of carbonyl (C=O) groups excluding carboxylic acids is 1. The highest BCUT2D eigenvalue weighted by atomic mass is 19.1. The fraction of sp³-hybridized carbons (Fsp3) is 0.417. The number of hydrogen-bond donors (Lipinski definition) is 0. The Morgan fingerprint density at radius 1 is 1.53 bits per heavy atom. The first kappa shape index (κ1) is 11.9. The van der Waals surface area contributed by atoms with Crippen LogP contribution in [0.2, 0.25) is 0 Å². The smallest absolute Gasteiger partial charge is 0.262 e. The van der Waals surface area contributed by atoms with E-state index in [0.717, 1.165) is 0 Å². The van der Waals surface area contributed by atoms with Crippen molar-refractivity contribution in [2.75, 3.05) is 19.8 Å². The average molecular weight is 239 g/mol. The van der Waals surface area contributed by atoms with Crippen LogP contribution in [0.25, 0.3) is 0 Å². The lowest BCUT2D eigenvalue weighted by molar-refractivity contribution is -0.137. The first-order chi connectivity index (χ1) is 8.16. The van der Waals surface area contributed by atoms with E-state index in [1.165, 1.54) is 24.3 Å². The molecular formula is C12H14FNO3. The zero-order valence-electron chi connectivity index (χ0n) is 9.56. The predicted molar refractivity (Wildman–Crippen MR) is 59.0 cm³/mol. The molecule has 0 saturated carbocycles. The second-order valence-electron chi connectivity index (χ2n) is 3.80. The molecule has 0 aliphatic carbocycles. The van der Waals surface area contributed by atoms with Crippen LogP contribution in [0.5, 0.6) is 5.75 Å². The highest BCUT2D eigenvalue weighted by Gasteiger charge is 2.25. The number of amides is 1. The largest absolute Gasteiger partial charge is 0.484 e. The Morgan fingerprint density at radius 2 is 2.24 bits per heavy atom. The van der Waals surface area contributed by atoms with Gasteiger partial charge in [0.25, 0.3) is 5.91 Å². The minimum absolute atomic E-state index is 0.0562. The number of hydrogen-bond acceptors (Lipinski definition) is 3. The van der Waals surface area contributed by atoms with Crippen LogP contribution in [0.15, 0.2) is 24.3 Å². The number of nitrogens with zero attached hydrogens (tertiary/aromatic N) is 1. The summed E-state index contributed by atoms with van der Waals surface area (Å²) in [7, 11) is 0. The molecule has 1 fully saturated rings. The molecule has 1 aromatic carbocycles. The molecule has 92 valence electrons. The fourth-order valence-electron chi connectivity index (χ4n) is 1.68. The number of benzene rings is 1. The molecule has 1 aliphatic rings. The second kappa shape index (κ2) is 5.14. The predicted octanol–water partition coefficient (Wildman–Crippen LogP) is 1.41. The van der Waals surface area contributed by atoms with Crippen molar-refractivity contribution in [1.82, 2.24) is 4.90 Å². The van der Waals surface area contributed by atoms with Gasteiger partial charge in [-0.2, -0.15) is 0 Å². The van der Waals surface area contributed by atoms with Crippen LogP contribution in [-0.2, 0) is 9.53 Å². The Bertz CT molecular complexity index is 393. The number of carbonyl (C=O) groups is 1. The van der Waals surface area contributed by atoms with Crippen LogP contribution in [0.3, 0.4) is 0 Å². The summed E-state index contributed by atoms with van der Waals surface area (Å²) in [6.45, 7) is 2.92. The van der Waals surface area contributed by atoms with Crippen molar-refractivity contribution in [3.63, 3.8) is 0 Å². The van der Waals surface area contributed by atoms with Crippen molar-refractivity contribution in [2.45, 2.75) is 13.2 Å². The summed E-state index contributed by atoms with van der Waals surface area (Å²) >= 11 is 0.